The Bertz CT molecular complexity index is 936. The zero-order valence-corrected chi connectivity index (χ0v) is 15.6. The van der Waals surface area contributed by atoms with Crippen molar-refractivity contribution < 1.29 is 8.42 Å². The zero-order chi connectivity index (χ0) is 18.6. The molecular formula is C20H19ClN2O2S. The fourth-order valence-corrected chi connectivity index (χ4v) is 4.58. The third-order valence-corrected chi connectivity index (χ3v) is 6.25. The molecule has 0 aliphatic heterocycles. The zero-order valence-electron chi connectivity index (χ0n) is 14.0. The van der Waals surface area contributed by atoms with Gasteiger partial charge in [0.1, 0.15) is 4.90 Å². The normalized spacial score (nSPS) is 11.6. The average Bonchev–Trinajstić information content (AvgIpc) is 2.65. The van der Waals surface area contributed by atoms with Crippen molar-refractivity contribution >= 4 is 27.3 Å². The molecule has 0 unspecified atom stereocenters. The first-order valence-electron chi connectivity index (χ1n) is 8.10. The first-order chi connectivity index (χ1) is 12.5. The van der Waals surface area contributed by atoms with E-state index < -0.39 is 10.0 Å². The van der Waals surface area contributed by atoms with Gasteiger partial charge < -0.3 is 5.73 Å². The van der Waals surface area contributed by atoms with Crippen LogP contribution in [0.2, 0.25) is 5.02 Å². The minimum atomic E-state index is -3.83. The Hall–Kier alpha value is -2.34. The lowest BCUT2D eigenvalue weighted by Gasteiger charge is -2.23. The van der Waals surface area contributed by atoms with Crippen molar-refractivity contribution in [3.8, 4) is 0 Å². The minimum Gasteiger partial charge on any atom is -0.399 e. The summed E-state index contributed by atoms with van der Waals surface area (Å²) in [5, 5.41) is 0.158. The smallest absolute Gasteiger partial charge is 0.245 e. The molecule has 3 aromatic rings. The third-order valence-electron chi connectivity index (χ3n) is 3.98. The summed E-state index contributed by atoms with van der Waals surface area (Å²) in [7, 11) is -3.83. The lowest BCUT2D eigenvalue weighted by molar-refractivity contribution is 0.401. The monoisotopic (exact) mass is 386 g/mol. The van der Waals surface area contributed by atoms with Crippen LogP contribution in [0.3, 0.4) is 0 Å². The van der Waals surface area contributed by atoms with Crippen LogP contribution in [0.5, 0.6) is 0 Å². The van der Waals surface area contributed by atoms with Crippen LogP contribution in [0.25, 0.3) is 0 Å². The summed E-state index contributed by atoms with van der Waals surface area (Å²) in [5.41, 5.74) is 7.93. The third kappa shape index (κ3) is 4.25. The predicted octanol–water partition coefficient (Wildman–Crippen LogP) is 4.31. The standard InChI is InChI=1S/C20H19ClN2O2S/c21-19-12-11-18(22)13-20(19)26(24,25)23(14-16-7-3-1-4-8-16)15-17-9-5-2-6-10-17/h1-13H,14-15,22H2. The molecule has 6 heteroatoms. The molecule has 3 aromatic carbocycles. The summed E-state index contributed by atoms with van der Waals surface area (Å²) in [6.07, 6.45) is 0. The number of nitrogens with two attached hydrogens (primary N) is 1. The number of nitrogens with zero attached hydrogens (tertiary/aromatic N) is 1. The van der Waals surface area contributed by atoms with Gasteiger partial charge in [-0.2, -0.15) is 4.31 Å². The van der Waals surface area contributed by atoms with Crippen LogP contribution in [0, 0.1) is 0 Å². The van der Waals surface area contributed by atoms with E-state index in [2.05, 4.69) is 0 Å². The van der Waals surface area contributed by atoms with Gasteiger partial charge in [0.15, 0.2) is 0 Å². The number of nitrogen functional groups attached to an aromatic ring is 1. The van der Waals surface area contributed by atoms with E-state index in [-0.39, 0.29) is 23.0 Å². The Morgan fingerprint density at radius 3 is 1.81 bits per heavy atom. The van der Waals surface area contributed by atoms with Crippen molar-refractivity contribution in [3.05, 3.63) is 95.0 Å². The van der Waals surface area contributed by atoms with E-state index in [9.17, 15) is 8.42 Å². The van der Waals surface area contributed by atoms with Gasteiger partial charge in [0.25, 0.3) is 0 Å². The average molecular weight is 387 g/mol. The molecule has 0 bridgehead atoms. The van der Waals surface area contributed by atoms with E-state index in [4.69, 9.17) is 17.3 Å². The van der Waals surface area contributed by atoms with Gasteiger partial charge in [-0.25, -0.2) is 8.42 Å². The molecule has 2 N–H and O–H groups in total. The summed E-state index contributed by atoms with van der Waals surface area (Å²) >= 11 is 6.17. The van der Waals surface area contributed by atoms with Gasteiger partial charge in [0.05, 0.1) is 5.02 Å². The molecule has 0 aliphatic carbocycles. The second-order valence-electron chi connectivity index (χ2n) is 5.93. The molecule has 3 rings (SSSR count). The molecule has 0 atom stereocenters. The molecule has 0 spiro atoms. The molecule has 0 saturated heterocycles. The number of halogens is 1. The summed E-state index contributed by atoms with van der Waals surface area (Å²) in [6, 6.07) is 23.4. The van der Waals surface area contributed by atoms with Crippen LogP contribution in [0.4, 0.5) is 5.69 Å². The largest absolute Gasteiger partial charge is 0.399 e. The second kappa shape index (κ2) is 7.91. The van der Waals surface area contributed by atoms with Gasteiger partial charge in [0, 0.05) is 18.8 Å². The highest BCUT2D eigenvalue weighted by atomic mass is 35.5. The van der Waals surface area contributed by atoms with Gasteiger partial charge >= 0.3 is 0 Å². The molecule has 0 aliphatic rings. The number of sulfonamides is 1. The van der Waals surface area contributed by atoms with E-state index in [0.717, 1.165) is 11.1 Å². The van der Waals surface area contributed by atoms with Gasteiger partial charge in [-0.3, -0.25) is 0 Å². The first-order valence-corrected chi connectivity index (χ1v) is 9.91. The lowest BCUT2D eigenvalue weighted by Crippen LogP contribution is -2.30. The van der Waals surface area contributed by atoms with Crippen molar-refractivity contribution in [1.29, 1.82) is 0 Å². The van der Waals surface area contributed by atoms with E-state index in [0.29, 0.717) is 5.69 Å². The van der Waals surface area contributed by atoms with Crippen LogP contribution in [-0.2, 0) is 23.1 Å². The Kier molecular flexibility index (Phi) is 5.61. The maximum absolute atomic E-state index is 13.3. The highest BCUT2D eigenvalue weighted by molar-refractivity contribution is 7.89. The summed E-state index contributed by atoms with van der Waals surface area (Å²) < 4.78 is 28.0. The molecule has 0 fully saturated rings. The predicted molar refractivity (Wildman–Crippen MR) is 105 cm³/mol. The lowest BCUT2D eigenvalue weighted by atomic mass is 10.2. The van der Waals surface area contributed by atoms with E-state index in [1.54, 1.807) is 6.07 Å². The Morgan fingerprint density at radius 2 is 1.31 bits per heavy atom. The number of hydrogen-bond acceptors (Lipinski definition) is 3. The molecule has 0 aromatic heterocycles. The molecule has 26 heavy (non-hydrogen) atoms. The fourth-order valence-electron chi connectivity index (χ4n) is 2.66. The Labute approximate surface area is 158 Å². The van der Waals surface area contributed by atoms with Crippen LogP contribution < -0.4 is 5.73 Å². The SMILES string of the molecule is Nc1ccc(Cl)c(S(=O)(=O)N(Cc2ccccc2)Cc2ccccc2)c1. The van der Waals surface area contributed by atoms with Gasteiger partial charge in [-0.05, 0) is 29.3 Å². The van der Waals surface area contributed by atoms with Crippen LogP contribution in [0.1, 0.15) is 11.1 Å². The molecule has 0 heterocycles. The topological polar surface area (TPSA) is 63.4 Å². The minimum absolute atomic E-state index is 0.0195. The quantitative estimate of drug-likeness (QED) is 0.642. The van der Waals surface area contributed by atoms with Crippen molar-refractivity contribution in [3.63, 3.8) is 0 Å². The van der Waals surface area contributed by atoms with E-state index in [1.165, 1.54) is 16.4 Å². The highest BCUT2D eigenvalue weighted by Gasteiger charge is 2.27. The van der Waals surface area contributed by atoms with Gasteiger partial charge in [-0.15, -0.1) is 0 Å². The molecule has 134 valence electrons. The van der Waals surface area contributed by atoms with Crippen LogP contribution in [0.15, 0.2) is 83.8 Å². The summed E-state index contributed by atoms with van der Waals surface area (Å²) in [6.45, 7) is 0.479. The molecule has 4 nitrogen and oxygen atoms in total. The van der Waals surface area contributed by atoms with Crippen molar-refractivity contribution in [2.24, 2.45) is 0 Å². The van der Waals surface area contributed by atoms with E-state index >= 15 is 0 Å². The van der Waals surface area contributed by atoms with Gasteiger partial charge in [0.2, 0.25) is 10.0 Å². The maximum Gasteiger partial charge on any atom is 0.245 e. The molecule has 0 amide bonds. The van der Waals surface area contributed by atoms with Crippen LogP contribution in [-0.4, -0.2) is 12.7 Å². The van der Waals surface area contributed by atoms with Crippen LogP contribution >= 0.6 is 11.6 Å². The number of hydrogen-bond donors (Lipinski definition) is 1. The van der Waals surface area contributed by atoms with E-state index in [1.807, 2.05) is 60.7 Å². The molecule has 0 radical (unpaired) electrons. The number of rotatable bonds is 6. The number of anilines is 1. The summed E-state index contributed by atoms with van der Waals surface area (Å²) in [4.78, 5) is 0.0195. The second-order valence-corrected chi connectivity index (χ2v) is 8.25. The highest BCUT2D eigenvalue weighted by Crippen LogP contribution is 2.28. The Balaban J connectivity index is 2.02. The van der Waals surface area contributed by atoms with Crippen molar-refractivity contribution in [2.45, 2.75) is 18.0 Å². The maximum atomic E-state index is 13.3. The molecular weight excluding hydrogens is 368 g/mol. The van der Waals surface area contributed by atoms with Crippen molar-refractivity contribution in [1.82, 2.24) is 4.31 Å². The number of benzene rings is 3. The summed E-state index contributed by atoms with van der Waals surface area (Å²) in [5.74, 6) is 0. The van der Waals surface area contributed by atoms with Gasteiger partial charge in [-0.1, -0.05) is 72.3 Å². The molecule has 0 saturated carbocycles. The van der Waals surface area contributed by atoms with Crippen molar-refractivity contribution in [2.75, 3.05) is 5.73 Å². The Morgan fingerprint density at radius 1 is 0.808 bits per heavy atom. The fraction of sp³-hybridized carbons (Fsp3) is 0.100. The first kappa shape index (κ1) is 18.5.